The van der Waals surface area contributed by atoms with Gasteiger partial charge in [0, 0.05) is 10.2 Å². The Balaban J connectivity index is 2.65. The third kappa shape index (κ3) is 4.44. The Hall–Kier alpha value is -1.56. The van der Waals surface area contributed by atoms with Gasteiger partial charge in [0.25, 0.3) is 0 Å². The number of carboxylic acids is 1. The monoisotopic (exact) mass is 300 g/mol. The number of amides is 2. The van der Waals surface area contributed by atoms with E-state index in [0.29, 0.717) is 5.69 Å². The number of carboxylic acid groups (broad SMARTS) is 1. The second-order valence-corrected chi connectivity index (χ2v) is 4.59. The minimum Gasteiger partial charge on any atom is -0.480 e. The van der Waals surface area contributed by atoms with Gasteiger partial charge in [-0.2, -0.15) is 0 Å². The lowest BCUT2D eigenvalue weighted by molar-refractivity contribution is -0.138. The first-order valence-corrected chi connectivity index (χ1v) is 5.75. The average molecular weight is 301 g/mol. The number of benzene rings is 1. The van der Waals surface area contributed by atoms with Gasteiger partial charge in [-0.15, -0.1) is 0 Å². The summed E-state index contributed by atoms with van der Waals surface area (Å²) in [7, 11) is 0. The van der Waals surface area contributed by atoms with Crippen molar-refractivity contribution in [3.05, 3.63) is 28.2 Å². The summed E-state index contributed by atoms with van der Waals surface area (Å²) in [6.07, 6.45) is 0. The first-order chi connectivity index (χ1) is 7.88. The number of aliphatic carboxylic acids is 1. The maximum Gasteiger partial charge on any atom is 0.325 e. The molecule has 0 spiro atoms. The molecule has 0 aliphatic rings. The van der Waals surface area contributed by atoms with Crippen LogP contribution >= 0.6 is 15.9 Å². The molecule has 5 nitrogen and oxygen atoms in total. The molecule has 2 amide bonds. The van der Waals surface area contributed by atoms with Crippen LogP contribution in [0.5, 0.6) is 0 Å². The highest BCUT2D eigenvalue weighted by Gasteiger charge is 2.13. The molecule has 0 radical (unpaired) electrons. The summed E-state index contributed by atoms with van der Waals surface area (Å²) in [6.45, 7) is 3.29. The van der Waals surface area contributed by atoms with Gasteiger partial charge in [-0.1, -0.05) is 15.9 Å². The fraction of sp³-hybridized carbons (Fsp3) is 0.273. The summed E-state index contributed by atoms with van der Waals surface area (Å²) in [5.74, 6) is -1.08. The minimum atomic E-state index is -1.08. The molecule has 0 saturated heterocycles. The van der Waals surface area contributed by atoms with Crippen LogP contribution in [-0.4, -0.2) is 23.1 Å². The van der Waals surface area contributed by atoms with Gasteiger partial charge in [0.15, 0.2) is 0 Å². The van der Waals surface area contributed by atoms with Crippen LogP contribution in [0, 0.1) is 6.92 Å². The number of aryl methyl sites for hydroxylation is 1. The van der Waals surface area contributed by atoms with Crippen LogP contribution in [0.3, 0.4) is 0 Å². The largest absolute Gasteiger partial charge is 0.480 e. The summed E-state index contributed by atoms with van der Waals surface area (Å²) >= 11 is 3.31. The van der Waals surface area contributed by atoms with Crippen molar-refractivity contribution < 1.29 is 14.7 Å². The summed E-state index contributed by atoms with van der Waals surface area (Å²) in [5.41, 5.74) is 1.59. The van der Waals surface area contributed by atoms with E-state index in [9.17, 15) is 9.59 Å². The van der Waals surface area contributed by atoms with Crippen molar-refractivity contribution in [1.29, 1.82) is 0 Å². The highest BCUT2D eigenvalue weighted by molar-refractivity contribution is 9.10. The molecule has 3 N–H and O–H groups in total. The Bertz CT molecular complexity index is 428. The van der Waals surface area contributed by atoms with Gasteiger partial charge in [-0.25, -0.2) is 4.79 Å². The number of urea groups is 1. The molecule has 0 aliphatic heterocycles. The van der Waals surface area contributed by atoms with Crippen molar-refractivity contribution in [3.63, 3.8) is 0 Å². The second-order valence-electron chi connectivity index (χ2n) is 3.68. The van der Waals surface area contributed by atoms with E-state index in [-0.39, 0.29) is 0 Å². The van der Waals surface area contributed by atoms with E-state index in [1.54, 1.807) is 12.1 Å². The number of hydrogen-bond acceptors (Lipinski definition) is 2. The Morgan fingerprint density at radius 3 is 2.53 bits per heavy atom. The van der Waals surface area contributed by atoms with Gasteiger partial charge in [0.1, 0.15) is 6.04 Å². The molecule has 1 atom stereocenters. The van der Waals surface area contributed by atoms with E-state index >= 15 is 0 Å². The molecular weight excluding hydrogens is 288 g/mol. The SMILES string of the molecule is Cc1cc(Br)cc(NC(=O)NC(C)C(=O)O)c1. The van der Waals surface area contributed by atoms with Crippen molar-refractivity contribution in [1.82, 2.24) is 5.32 Å². The van der Waals surface area contributed by atoms with Crippen LogP contribution in [0.25, 0.3) is 0 Å². The Morgan fingerprint density at radius 1 is 1.35 bits per heavy atom. The highest BCUT2D eigenvalue weighted by Crippen LogP contribution is 2.18. The third-order valence-corrected chi connectivity index (χ3v) is 2.48. The van der Waals surface area contributed by atoms with E-state index in [0.717, 1.165) is 10.0 Å². The molecule has 0 bridgehead atoms. The summed E-state index contributed by atoms with van der Waals surface area (Å²) in [6, 6.07) is 3.96. The fourth-order valence-electron chi connectivity index (χ4n) is 1.23. The lowest BCUT2D eigenvalue weighted by atomic mass is 10.2. The highest BCUT2D eigenvalue weighted by atomic mass is 79.9. The van der Waals surface area contributed by atoms with Gasteiger partial charge in [0.2, 0.25) is 0 Å². The van der Waals surface area contributed by atoms with E-state index in [1.165, 1.54) is 6.92 Å². The first kappa shape index (κ1) is 13.5. The molecule has 0 saturated carbocycles. The Kier molecular flexibility index (Phi) is 4.51. The van der Waals surface area contributed by atoms with Crippen molar-refractivity contribution in [2.24, 2.45) is 0 Å². The summed E-state index contributed by atoms with van der Waals surface area (Å²) in [4.78, 5) is 22.0. The van der Waals surface area contributed by atoms with Crippen molar-refractivity contribution in [2.45, 2.75) is 19.9 Å². The number of rotatable bonds is 3. The normalized spacial score (nSPS) is 11.7. The topological polar surface area (TPSA) is 78.4 Å². The lowest BCUT2D eigenvalue weighted by Gasteiger charge is -2.11. The van der Waals surface area contributed by atoms with E-state index in [4.69, 9.17) is 5.11 Å². The van der Waals surface area contributed by atoms with Gasteiger partial charge in [0.05, 0.1) is 0 Å². The number of nitrogens with one attached hydrogen (secondary N) is 2. The molecule has 92 valence electrons. The maximum absolute atomic E-state index is 11.4. The molecule has 1 rings (SSSR count). The predicted molar refractivity (Wildman–Crippen MR) is 68.1 cm³/mol. The van der Waals surface area contributed by atoms with Gasteiger partial charge in [-0.05, 0) is 37.6 Å². The molecule has 6 heteroatoms. The van der Waals surface area contributed by atoms with Crippen LogP contribution in [0.15, 0.2) is 22.7 Å². The van der Waals surface area contributed by atoms with Crippen LogP contribution < -0.4 is 10.6 Å². The molecule has 1 aromatic rings. The van der Waals surface area contributed by atoms with Crippen molar-refractivity contribution in [3.8, 4) is 0 Å². The quantitative estimate of drug-likeness (QED) is 0.802. The number of anilines is 1. The number of halogens is 1. The average Bonchev–Trinajstić information content (AvgIpc) is 2.14. The number of carbonyl (C=O) groups excluding carboxylic acids is 1. The van der Waals surface area contributed by atoms with Crippen LogP contribution in [-0.2, 0) is 4.79 Å². The minimum absolute atomic E-state index is 0.544. The smallest absolute Gasteiger partial charge is 0.325 e. The third-order valence-electron chi connectivity index (χ3n) is 2.02. The Labute approximate surface area is 107 Å². The standard InChI is InChI=1S/C11H13BrN2O3/c1-6-3-8(12)5-9(4-6)14-11(17)13-7(2)10(15)16/h3-5,7H,1-2H3,(H,15,16)(H2,13,14,17). The van der Waals surface area contributed by atoms with Crippen molar-refractivity contribution in [2.75, 3.05) is 5.32 Å². The first-order valence-electron chi connectivity index (χ1n) is 4.96. The van der Waals surface area contributed by atoms with E-state index in [1.807, 2.05) is 13.0 Å². The number of hydrogen-bond donors (Lipinski definition) is 3. The molecule has 1 aromatic carbocycles. The second kappa shape index (κ2) is 5.67. The van der Waals surface area contributed by atoms with Gasteiger partial charge in [-0.3, -0.25) is 4.79 Å². The molecule has 0 aromatic heterocycles. The van der Waals surface area contributed by atoms with Crippen LogP contribution in [0.2, 0.25) is 0 Å². The molecular formula is C11H13BrN2O3. The van der Waals surface area contributed by atoms with Crippen molar-refractivity contribution >= 4 is 33.6 Å². The van der Waals surface area contributed by atoms with Gasteiger partial charge >= 0.3 is 12.0 Å². The number of carbonyl (C=O) groups is 2. The molecule has 0 heterocycles. The lowest BCUT2D eigenvalue weighted by Crippen LogP contribution is -2.40. The molecule has 0 aliphatic carbocycles. The molecule has 0 fully saturated rings. The molecule has 1 unspecified atom stereocenters. The van der Waals surface area contributed by atoms with E-state index < -0.39 is 18.0 Å². The Morgan fingerprint density at radius 2 is 2.00 bits per heavy atom. The summed E-state index contributed by atoms with van der Waals surface area (Å²) in [5, 5.41) is 13.5. The predicted octanol–water partition coefficient (Wildman–Crippen LogP) is 2.35. The van der Waals surface area contributed by atoms with Gasteiger partial charge < -0.3 is 15.7 Å². The van der Waals surface area contributed by atoms with Crippen LogP contribution in [0.1, 0.15) is 12.5 Å². The zero-order valence-corrected chi connectivity index (χ0v) is 11.0. The molecule has 17 heavy (non-hydrogen) atoms. The van der Waals surface area contributed by atoms with E-state index in [2.05, 4.69) is 26.6 Å². The fourth-order valence-corrected chi connectivity index (χ4v) is 1.84. The summed E-state index contributed by atoms with van der Waals surface area (Å²) < 4.78 is 0.846. The maximum atomic E-state index is 11.4. The zero-order chi connectivity index (χ0) is 13.0. The van der Waals surface area contributed by atoms with Crippen LogP contribution in [0.4, 0.5) is 10.5 Å². The zero-order valence-electron chi connectivity index (χ0n) is 9.45.